The number of anilines is 1. The highest BCUT2D eigenvalue weighted by Gasteiger charge is 2.12. The Balaban J connectivity index is 1.79. The number of hydrogen-bond acceptors (Lipinski definition) is 5. The third-order valence-corrected chi connectivity index (χ3v) is 5.50. The highest BCUT2D eigenvalue weighted by molar-refractivity contribution is 14.1. The van der Waals surface area contributed by atoms with Crippen molar-refractivity contribution in [1.82, 2.24) is 0 Å². The van der Waals surface area contributed by atoms with E-state index in [0.717, 1.165) is 3.57 Å². The Morgan fingerprint density at radius 1 is 1.07 bits per heavy atom. The summed E-state index contributed by atoms with van der Waals surface area (Å²) in [7, 11) is -3.77. The van der Waals surface area contributed by atoms with Crippen molar-refractivity contribution in [1.29, 1.82) is 5.26 Å². The number of nitrogens with zero attached hydrogens (tertiary/aromatic N) is 1. The molecule has 1 heterocycles. The molecule has 2 aromatic carbocycles. The Hall–Kier alpha value is -2.94. The number of nitrogens with one attached hydrogen (secondary N) is 1. The van der Waals surface area contributed by atoms with Crippen LogP contribution in [0.2, 0.25) is 0 Å². The van der Waals surface area contributed by atoms with E-state index in [4.69, 9.17) is 9.56 Å². The van der Waals surface area contributed by atoms with Gasteiger partial charge in [-0.2, -0.15) is 5.26 Å². The number of nitriles is 1. The Morgan fingerprint density at radius 2 is 1.72 bits per heavy atom. The zero-order chi connectivity index (χ0) is 21.0. The summed E-state index contributed by atoms with van der Waals surface area (Å²) in [4.78, 5) is 12.3. The molecule has 0 spiro atoms. The van der Waals surface area contributed by atoms with Crippen LogP contribution in [-0.2, 0) is 14.8 Å². The predicted octanol–water partition coefficient (Wildman–Crippen LogP) is 3.74. The molecule has 29 heavy (non-hydrogen) atoms. The van der Waals surface area contributed by atoms with Gasteiger partial charge in [-0.15, -0.1) is 0 Å². The molecule has 0 radical (unpaired) electrons. The number of rotatable bonds is 5. The molecule has 1 aromatic heterocycles. The van der Waals surface area contributed by atoms with Crippen molar-refractivity contribution < 1.29 is 17.6 Å². The zero-order valence-corrected chi connectivity index (χ0v) is 17.8. The lowest BCUT2D eigenvalue weighted by molar-refractivity contribution is -0.112. The fraction of sp³-hybridized carbons (Fsp3) is 0. The summed E-state index contributed by atoms with van der Waals surface area (Å²) in [6.07, 6.45) is 1.34. The van der Waals surface area contributed by atoms with Gasteiger partial charge in [0.05, 0.1) is 4.90 Å². The molecule has 0 aliphatic rings. The quantitative estimate of drug-likeness (QED) is 0.302. The summed E-state index contributed by atoms with van der Waals surface area (Å²) in [5.74, 6) is 0.210. The molecule has 0 saturated carbocycles. The summed E-state index contributed by atoms with van der Waals surface area (Å²) in [6.45, 7) is 0. The molecule has 0 atom stereocenters. The molecule has 0 fully saturated rings. The highest BCUT2D eigenvalue weighted by atomic mass is 127. The molecule has 3 aromatic rings. The van der Waals surface area contributed by atoms with E-state index >= 15 is 0 Å². The van der Waals surface area contributed by atoms with Crippen LogP contribution in [-0.4, -0.2) is 14.3 Å². The monoisotopic (exact) mass is 519 g/mol. The SMILES string of the molecule is N#C/C(=C\c1ccc(-c2ccc(S(N)(=O)=O)cc2)o1)C(=O)Nc1ccc(I)cc1. The second-order valence-electron chi connectivity index (χ2n) is 5.90. The third kappa shape index (κ3) is 5.32. The van der Waals surface area contributed by atoms with Crippen LogP contribution < -0.4 is 10.5 Å². The maximum Gasteiger partial charge on any atom is 0.266 e. The second-order valence-corrected chi connectivity index (χ2v) is 8.71. The molecule has 3 rings (SSSR count). The molecule has 146 valence electrons. The molecule has 9 heteroatoms. The molecule has 0 aliphatic heterocycles. The van der Waals surface area contributed by atoms with Crippen LogP contribution in [0.1, 0.15) is 5.76 Å². The Bertz CT molecular complexity index is 1220. The van der Waals surface area contributed by atoms with Crippen LogP contribution in [0.3, 0.4) is 0 Å². The first-order valence-electron chi connectivity index (χ1n) is 8.18. The van der Waals surface area contributed by atoms with Crippen LogP contribution in [0.15, 0.2) is 75.5 Å². The number of carbonyl (C=O) groups excluding carboxylic acids is 1. The minimum Gasteiger partial charge on any atom is -0.457 e. The number of furan rings is 1. The van der Waals surface area contributed by atoms with Crippen LogP contribution in [0.25, 0.3) is 17.4 Å². The van der Waals surface area contributed by atoms with Gasteiger partial charge in [0.15, 0.2) is 0 Å². The number of carbonyl (C=O) groups is 1. The third-order valence-electron chi connectivity index (χ3n) is 3.85. The summed E-state index contributed by atoms with van der Waals surface area (Å²) >= 11 is 2.15. The Morgan fingerprint density at radius 3 is 2.31 bits per heavy atom. The molecule has 0 bridgehead atoms. The summed E-state index contributed by atoms with van der Waals surface area (Å²) in [5, 5.41) is 17.1. The lowest BCUT2D eigenvalue weighted by Crippen LogP contribution is -2.13. The number of nitrogens with two attached hydrogens (primary N) is 1. The van der Waals surface area contributed by atoms with Gasteiger partial charge in [0.2, 0.25) is 10.0 Å². The van der Waals surface area contributed by atoms with Gasteiger partial charge in [-0.05, 0) is 83.3 Å². The van der Waals surface area contributed by atoms with E-state index in [9.17, 15) is 18.5 Å². The molecule has 3 N–H and O–H groups in total. The molecule has 0 saturated heterocycles. The largest absolute Gasteiger partial charge is 0.457 e. The minimum absolute atomic E-state index is 0.00744. The lowest BCUT2D eigenvalue weighted by Gasteiger charge is -2.04. The van der Waals surface area contributed by atoms with Crippen molar-refractivity contribution in [3.63, 3.8) is 0 Å². The first-order chi connectivity index (χ1) is 13.8. The lowest BCUT2D eigenvalue weighted by atomic mass is 10.2. The highest BCUT2D eigenvalue weighted by Crippen LogP contribution is 2.25. The van der Waals surface area contributed by atoms with Crippen molar-refractivity contribution in [2.75, 3.05) is 5.32 Å². The van der Waals surface area contributed by atoms with Gasteiger partial charge in [-0.25, -0.2) is 13.6 Å². The fourth-order valence-corrected chi connectivity index (χ4v) is 3.29. The van der Waals surface area contributed by atoms with E-state index in [1.54, 1.807) is 36.4 Å². The molecule has 0 unspecified atom stereocenters. The number of primary sulfonamides is 1. The van der Waals surface area contributed by atoms with E-state index in [0.29, 0.717) is 22.8 Å². The summed E-state index contributed by atoms with van der Waals surface area (Å²) in [6, 6.07) is 18.1. The Labute approximate surface area is 181 Å². The van der Waals surface area contributed by atoms with Crippen molar-refractivity contribution in [2.45, 2.75) is 4.90 Å². The standard InChI is InChI=1S/C20H14IN3O4S/c21-15-3-5-16(6-4-15)24-20(25)14(12-22)11-17-7-10-19(28-17)13-1-8-18(9-2-13)29(23,26)27/h1-11H,(H,24,25)(H2,23,26,27)/b14-11+. The number of amides is 1. The minimum atomic E-state index is -3.77. The normalized spacial score (nSPS) is 11.7. The van der Waals surface area contributed by atoms with Gasteiger partial charge in [0.25, 0.3) is 5.91 Å². The average molecular weight is 519 g/mol. The number of sulfonamides is 1. The van der Waals surface area contributed by atoms with Gasteiger partial charge < -0.3 is 9.73 Å². The van der Waals surface area contributed by atoms with Gasteiger partial charge >= 0.3 is 0 Å². The molecular weight excluding hydrogens is 505 g/mol. The number of halogens is 1. The summed E-state index contributed by atoms with van der Waals surface area (Å²) in [5.41, 5.74) is 1.08. The van der Waals surface area contributed by atoms with E-state index in [1.165, 1.54) is 18.2 Å². The van der Waals surface area contributed by atoms with Gasteiger partial charge in [0, 0.05) is 20.9 Å². The van der Waals surface area contributed by atoms with E-state index in [2.05, 4.69) is 27.9 Å². The Kier molecular flexibility index (Phi) is 6.17. The average Bonchev–Trinajstić information content (AvgIpc) is 3.16. The van der Waals surface area contributed by atoms with Crippen LogP contribution >= 0.6 is 22.6 Å². The van der Waals surface area contributed by atoms with Crippen molar-refractivity contribution >= 4 is 50.3 Å². The van der Waals surface area contributed by atoms with Crippen LogP contribution in [0, 0.1) is 14.9 Å². The molecule has 7 nitrogen and oxygen atoms in total. The first kappa shape index (κ1) is 20.8. The number of benzene rings is 2. The van der Waals surface area contributed by atoms with Gasteiger partial charge in [0.1, 0.15) is 23.2 Å². The van der Waals surface area contributed by atoms with Gasteiger partial charge in [-0.3, -0.25) is 4.79 Å². The maximum atomic E-state index is 12.3. The first-order valence-corrected chi connectivity index (χ1v) is 10.8. The van der Waals surface area contributed by atoms with Crippen molar-refractivity contribution in [3.8, 4) is 17.4 Å². The molecule has 1 amide bonds. The topological polar surface area (TPSA) is 126 Å². The fourth-order valence-electron chi connectivity index (χ4n) is 2.42. The van der Waals surface area contributed by atoms with Crippen LogP contribution in [0.4, 0.5) is 5.69 Å². The smallest absolute Gasteiger partial charge is 0.266 e. The van der Waals surface area contributed by atoms with Crippen molar-refractivity contribution in [2.24, 2.45) is 5.14 Å². The predicted molar refractivity (Wildman–Crippen MR) is 117 cm³/mol. The van der Waals surface area contributed by atoms with Gasteiger partial charge in [-0.1, -0.05) is 0 Å². The van der Waals surface area contributed by atoms with E-state index < -0.39 is 15.9 Å². The second kappa shape index (κ2) is 8.60. The van der Waals surface area contributed by atoms with E-state index in [1.807, 2.05) is 18.2 Å². The maximum absolute atomic E-state index is 12.3. The van der Waals surface area contributed by atoms with E-state index in [-0.39, 0.29) is 10.5 Å². The zero-order valence-electron chi connectivity index (χ0n) is 14.8. The molecule has 0 aliphatic carbocycles. The van der Waals surface area contributed by atoms with Crippen molar-refractivity contribution in [3.05, 3.63) is 75.6 Å². The number of hydrogen-bond donors (Lipinski definition) is 2. The molecular formula is C20H14IN3O4S. The van der Waals surface area contributed by atoms with Crippen LogP contribution in [0.5, 0.6) is 0 Å². The summed E-state index contributed by atoms with van der Waals surface area (Å²) < 4.78 is 29.3.